The maximum atomic E-state index is 12.7. The second kappa shape index (κ2) is 8.68. The third kappa shape index (κ3) is 5.08. The third-order valence-corrected chi connectivity index (χ3v) is 4.38. The summed E-state index contributed by atoms with van der Waals surface area (Å²) in [5, 5.41) is 2.78. The highest BCUT2D eigenvalue weighted by Gasteiger charge is 2.24. The van der Waals surface area contributed by atoms with Crippen LogP contribution in [0.25, 0.3) is 0 Å². The van der Waals surface area contributed by atoms with Crippen LogP contribution in [0.5, 0.6) is 5.75 Å². The Morgan fingerprint density at radius 3 is 2.81 bits per heavy atom. The minimum Gasteiger partial charge on any atom is -0.484 e. The van der Waals surface area contributed by atoms with Crippen molar-refractivity contribution in [2.75, 3.05) is 31.7 Å². The van der Waals surface area contributed by atoms with Crippen molar-refractivity contribution in [2.45, 2.75) is 19.9 Å². The molecule has 3 rings (SSSR count). The molecule has 0 bridgehead atoms. The van der Waals surface area contributed by atoms with Crippen LogP contribution in [-0.4, -0.2) is 49.1 Å². The van der Waals surface area contributed by atoms with Gasteiger partial charge in [0, 0.05) is 17.8 Å². The quantitative estimate of drug-likeness (QED) is 0.881. The lowest BCUT2D eigenvalue weighted by Gasteiger charge is -2.33. The van der Waals surface area contributed by atoms with Crippen LogP contribution in [0.3, 0.4) is 0 Å². The Morgan fingerprint density at radius 2 is 2.04 bits per heavy atom. The summed E-state index contributed by atoms with van der Waals surface area (Å²) < 4.78 is 10.9. The zero-order chi connectivity index (χ0) is 19.2. The summed E-state index contributed by atoms with van der Waals surface area (Å²) in [7, 11) is 0. The van der Waals surface area contributed by atoms with Crippen molar-refractivity contribution in [3.8, 4) is 5.75 Å². The number of hydrogen-bond donors (Lipinski definition) is 1. The number of rotatable bonds is 5. The van der Waals surface area contributed by atoms with Gasteiger partial charge in [-0.3, -0.25) is 9.59 Å². The van der Waals surface area contributed by atoms with Gasteiger partial charge in [0.25, 0.3) is 11.8 Å². The van der Waals surface area contributed by atoms with E-state index in [4.69, 9.17) is 9.47 Å². The van der Waals surface area contributed by atoms with Gasteiger partial charge in [0.2, 0.25) is 0 Å². The van der Waals surface area contributed by atoms with E-state index < -0.39 is 0 Å². The molecule has 1 aliphatic rings. The molecule has 6 heteroatoms. The lowest BCUT2D eigenvalue weighted by molar-refractivity contribution is -0.118. The number of anilines is 1. The highest BCUT2D eigenvalue weighted by Crippen LogP contribution is 2.17. The Hall–Kier alpha value is -2.86. The fraction of sp³-hybridized carbons (Fsp3) is 0.333. The second-order valence-corrected chi connectivity index (χ2v) is 6.66. The third-order valence-electron chi connectivity index (χ3n) is 4.38. The lowest BCUT2D eigenvalue weighted by Crippen LogP contribution is -2.47. The van der Waals surface area contributed by atoms with Crippen LogP contribution in [0.1, 0.15) is 22.8 Å². The Kier molecular flexibility index (Phi) is 6.08. The number of nitrogens with one attached hydrogen (secondary N) is 1. The van der Waals surface area contributed by atoms with Crippen LogP contribution in [-0.2, 0) is 9.53 Å². The second-order valence-electron chi connectivity index (χ2n) is 6.66. The topological polar surface area (TPSA) is 67.9 Å². The summed E-state index contributed by atoms with van der Waals surface area (Å²) >= 11 is 0. The summed E-state index contributed by atoms with van der Waals surface area (Å²) in [5.74, 6) is 0.314. The van der Waals surface area contributed by atoms with E-state index in [1.54, 1.807) is 29.2 Å². The zero-order valence-corrected chi connectivity index (χ0v) is 15.6. The van der Waals surface area contributed by atoms with Crippen molar-refractivity contribution < 1.29 is 19.1 Å². The molecule has 0 spiro atoms. The molecule has 1 aliphatic heterocycles. The first-order valence-corrected chi connectivity index (χ1v) is 9.01. The number of ether oxygens (including phenoxy) is 2. The highest BCUT2D eigenvalue weighted by atomic mass is 16.5. The minimum absolute atomic E-state index is 0.0345. The number of morpholine rings is 1. The van der Waals surface area contributed by atoms with E-state index in [2.05, 4.69) is 5.32 Å². The summed E-state index contributed by atoms with van der Waals surface area (Å²) in [6, 6.07) is 14.5. The summed E-state index contributed by atoms with van der Waals surface area (Å²) in [4.78, 5) is 26.7. The molecule has 0 aromatic heterocycles. The van der Waals surface area contributed by atoms with Crippen molar-refractivity contribution >= 4 is 17.5 Å². The highest BCUT2D eigenvalue weighted by molar-refractivity contribution is 5.97. The van der Waals surface area contributed by atoms with Crippen molar-refractivity contribution in [3.05, 3.63) is 59.7 Å². The van der Waals surface area contributed by atoms with Crippen LogP contribution in [0, 0.1) is 6.92 Å². The van der Waals surface area contributed by atoms with Gasteiger partial charge in [-0.1, -0.05) is 18.2 Å². The fourth-order valence-corrected chi connectivity index (χ4v) is 2.98. The van der Waals surface area contributed by atoms with Crippen molar-refractivity contribution in [1.29, 1.82) is 0 Å². The fourth-order valence-electron chi connectivity index (χ4n) is 2.98. The van der Waals surface area contributed by atoms with Crippen LogP contribution in [0.2, 0.25) is 0 Å². The molecule has 1 unspecified atom stereocenters. The number of benzene rings is 2. The Labute approximate surface area is 159 Å². The molecule has 2 aromatic rings. The predicted octanol–water partition coefficient (Wildman–Crippen LogP) is 2.87. The number of aryl methyl sites for hydroxylation is 1. The van der Waals surface area contributed by atoms with Crippen LogP contribution in [0.15, 0.2) is 48.5 Å². The molecule has 1 atom stereocenters. The van der Waals surface area contributed by atoms with Gasteiger partial charge in [-0.2, -0.15) is 0 Å². The van der Waals surface area contributed by atoms with Crippen LogP contribution in [0.4, 0.5) is 5.69 Å². The molecule has 6 nitrogen and oxygen atoms in total. The van der Waals surface area contributed by atoms with Gasteiger partial charge in [-0.05, 0) is 49.7 Å². The minimum atomic E-state index is -0.277. The Bertz CT molecular complexity index is 821. The molecule has 0 saturated carbocycles. The molecular formula is C21H24N2O4. The smallest absolute Gasteiger partial charge is 0.262 e. The van der Waals surface area contributed by atoms with E-state index in [1.165, 1.54) is 0 Å². The van der Waals surface area contributed by atoms with E-state index in [-0.39, 0.29) is 24.5 Å². The molecule has 142 valence electrons. The molecular weight excluding hydrogens is 344 g/mol. The lowest BCUT2D eigenvalue weighted by atomic mass is 10.1. The predicted molar refractivity (Wildman–Crippen MR) is 103 cm³/mol. The first kappa shape index (κ1) is 18.9. The van der Waals surface area contributed by atoms with Gasteiger partial charge >= 0.3 is 0 Å². The van der Waals surface area contributed by atoms with Crippen molar-refractivity contribution in [1.82, 2.24) is 4.90 Å². The summed E-state index contributed by atoms with van der Waals surface area (Å²) in [6.45, 7) is 5.49. The maximum Gasteiger partial charge on any atom is 0.262 e. The van der Waals surface area contributed by atoms with E-state index in [1.807, 2.05) is 38.1 Å². The number of carbonyl (C=O) groups excluding carboxylic acids is 2. The summed E-state index contributed by atoms with van der Waals surface area (Å²) in [6.07, 6.45) is 0. The van der Waals surface area contributed by atoms with Gasteiger partial charge in [0.1, 0.15) is 5.75 Å². The summed E-state index contributed by atoms with van der Waals surface area (Å²) in [5.41, 5.74) is 2.18. The Morgan fingerprint density at radius 1 is 1.22 bits per heavy atom. The van der Waals surface area contributed by atoms with E-state index >= 15 is 0 Å². The molecule has 0 radical (unpaired) electrons. The SMILES string of the molecule is Cc1cccc(OCC(=O)Nc2cccc(C(=O)N3CCOCC3C)c2)c1. The monoisotopic (exact) mass is 368 g/mol. The number of amides is 2. The molecule has 1 saturated heterocycles. The number of nitrogens with zero attached hydrogens (tertiary/aromatic N) is 1. The zero-order valence-electron chi connectivity index (χ0n) is 15.6. The average molecular weight is 368 g/mol. The van der Waals surface area contributed by atoms with Crippen molar-refractivity contribution in [2.24, 2.45) is 0 Å². The normalized spacial score (nSPS) is 16.7. The van der Waals surface area contributed by atoms with E-state index in [0.29, 0.717) is 36.8 Å². The van der Waals surface area contributed by atoms with Crippen molar-refractivity contribution in [3.63, 3.8) is 0 Å². The first-order chi connectivity index (χ1) is 13.0. The van der Waals surface area contributed by atoms with Gasteiger partial charge in [0.15, 0.2) is 6.61 Å². The van der Waals surface area contributed by atoms with Crippen LogP contribution < -0.4 is 10.1 Å². The van der Waals surface area contributed by atoms with Gasteiger partial charge in [-0.15, -0.1) is 0 Å². The van der Waals surface area contributed by atoms with E-state index in [9.17, 15) is 9.59 Å². The van der Waals surface area contributed by atoms with E-state index in [0.717, 1.165) is 5.56 Å². The maximum absolute atomic E-state index is 12.7. The molecule has 1 N–H and O–H groups in total. The molecule has 27 heavy (non-hydrogen) atoms. The molecule has 0 aliphatic carbocycles. The molecule has 1 heterocycles. The average Bonchev–Trinajstić information content (AvgIpc) is 2.66. The molecule has 2 amide bonds. The largest absolute Gasteiger partial charge is 0.484 e. The standard InChI is InChI=1S/C21H24N2O4/c1-15-5-3-8-19(11-15)27-14-20(24)22-18-7-4-6-17(12-18)21(25)23-9-10-26-13-16(23)2/h3-8,11-12,16H,9-10,13-14H2,1-2H3,(H,22,24). The van der Waals surface area contributed by atoms with Gasteiger partial charge < -0.3 is 19.7 Å². The first-order valence-electron chi connectivity index (χ1n) is 9.01. The number of hydrogen-bond acceptors (Lipinski definition) is 4. The van der Waals surface area contributed by atoms with Gasteiger partial charge in [-0.25, -0.2) is 0 Å². The molecule has 2 aromatic carbocycles. The van der Waals surface area contributed by atoms with Crippen LogP contribution >= 0.6 is 0 Å². The van der Waals surface area contributed by atoms with Gasteiger partial charge in [0.05, 0.1) is 19.3 Å². The Balaban J connectivity index is 1.59. The molecule has 1 fully saturated rings. The number of carbonyl (C=O) groups is 2.